The SMILES string of the molecule is C=Cc1cccc(C(=C)\N=C(/C(=C/C=C(\C)c2ccc(CC)c(CO)c2)C(=C)C)N2CCOC[C@@H]2C)c1. The van der Waals surface area contributed by atoms with E-state index in [9.17, 15) is 5.11 Å². The molecule has 37 heavy (non-hydrogen) atoms. The first-order chi connectivity index (χ1) is 17.8. The van der Waals surface area contributed by atoms with Gasteiger partial charge in [0.15, 0.2) is 0 Å². The summed E-state index contributed by atoms with van der Waals surface area (Å²) in [7, 11) is 0. The molecule has 2 aromatic carbocycles. The number of nitrogens with zero attached hydrogens (tertiary/aromatic N) is 2. The van der Waals surface area contributed by atoms with Gasteiger partial charge in [-0.1, -0.05) is 75.2 Å². The summed E-state index contributed by atoms with van der Waals surface area (Å²) in [6, 6.07) is 14.5. The van der Waals surface area contributed by atoms with E-state index >= 15 is 0 Å². The summed E-state index contributed by atoms with van der Waals surface area (Å²) in [4.78, 5) is 7.37. The van der Waals surface area contributed by atoms with E-state index in [1.807, 2.05) is 37.3 Å². The topological polar surface area (TPSA) is 45.1 Å². The fourth-order valence-corrected chi connectivity index (χ4v) is 4.43. The first-order valence-electron chi connectivity index (χ1n) is 12.9. The van der Waals surface area contributed by atoms with Crippen LogP contribution in [0.4, 0.5) is 0 Å². The molecule has 0 spiro atoms. The molecule has 4 heteroatoms. The standard InChI is InChI=1S/C33H40N2O2/c1-8-27-11-10-12-30(19-27)26(7)34-33(35-17-18-37-22-25(35)6)32(23(3)4)16-13-24(5)29-15-14-28(9-2)31(20-29)21-36/h8,10-16,19-20,25,36H,1,3,7,9,17-18,21-22H2,2,4-6H3/b24-13+,32-16+,34-33+/t25-/m0/s1. The van der Waals surface area contributed by atoms with Crippen LogP contribution in [0.15, 0.2) is 90.5 Å². The molecule has 1 atom stereocenters. The zero-order valence-electron chi connectivity index (χ0n) is 22.8. The first-order valence-corrected chi connectivity index (χ1v) is 12.9. The van der Waals surface area contributed by atoms with Gasteiger partial charge in [-0.15, -0.1) is 0 Å². The van der Waals surface area contributed by atoms with Crippen molar-refractivity contribution in [1.29, 1.82) is 0 Å². The zero-order valence-corrected chi connectivity index (χ0v) is 22.8. The maximum Gasteiger partial charge on any atom is 0.137 e. The maximum absolute atomic E-state index is 9.81. The van der Waals surface area contributed by atoms with E-state index in [1.165, 1.54) is 5.56 Å². The number of aliphatic hydroxyl groups is 1. The van der Waals surface area contributed by atoms with Crippen molar-refractivity contribution in [1.82, 2.24) is 4.90 Å². The Balaban J connectivity index is 2.08. The average Bonchev–Trinajstić information content (AvgIpc) is 2.92. The van der Waals surface area contributed by atoms with Crippen LogP contribution >= 0.6 is 0 Å². The predicted molar refractivity (Wildman–Crippen MR) is 158 cm³/mol. The average molecular weight is 497 g/mol. The van der Waals surface area contributed by atoms with Crippen LogP contribution in [0.2, 0.25) is 0 Å². The number of aryl methyl sites for hydroxylation is 1. The van der Waals surface area contributed by atoms with Gasteiger partial charge in [0.25, 0.3) is 0 Å². The lowest BCUT2D eigenvalue weighted by Gasteiger charge is -2.37. The Morgan fingerprint density at radius 1 is 1.11 bits per heavy atom. The van der Waals surface area contributed by atoms with Crippen LogP contribution in [0.25, 0.3) is 17.3 Å². The molecule has 0 amide bonds. The molecule has 4 nitrogen and oxygen atoms in total. The number of amidine groups is 1. The highest BCUT2D eigenvalue weighted by Crippen LogP contribution is 2.25. The normalized spacial score (nSPS) is 17.1. The molecule has 3 rings (SSSR count). The third-order valence-corrected chi connectivity index (χ3v) is 6.75. The quantitative estimate of drug-likeness (QED) is 0.229. The molecule has 0 unspecified atom stereocenters. The van der Waals surface area contributed by atoms with E-state index in [0.717, 1.165) is 57.8 Å². The monoisotopic (exact) mass is 496 g/mol. The highest BCUT2D eigenvalue weighted by Gasteiger charge is 2.25. The van der Waals surface area contributed by atoms with Crippen LogP contribution in [0.5, 0.6) is 0 Å². The fourth-order valence-electron chi connectivity index (χ4n) is 4.43. The van der Waals surface area contributed by atoms with Crippen molar-refractivity contribution in [3.05, 3.63) is 113 Å². The number of allylic oxidation sites excluding steroid dienone is 3. The van der Waals surface area contributed by atoms with Crippen molar-refractivity contribution in [2.75, 3.05) is 19.8 Å². The third kappa shape index (κ3) is 7.06. The van der Waals surface area contributed by atoms with Crippen molar-refractivity contribution in [2.45, 2.75) is 46.8 Å². The number of hydrogen-bond acceptors (Lipinski definition) is 3. The number of ether oxygens (including phenoxy) is 1. The van der Waals surface area contributed by atoms with Gasteiger partial charge < -0.3 is 14.7 Å². The molecule has 1 aliphatic rings. The van der Waals surface area contributed by atoms with Crippen LogP contribution in [-0.2, 0) is 17.8 Å². The number of aliphatic hydroxyl groups excluding tert-OH is 1. The summed E-state index contributed by atoms with van der Waals surface area (Å²) in [6.07, 6.45) is 6.93. The molecule has 0 bridgehead atoms. The van der Waals surface area contributed by atoms with Crippen LogP contribution in [0.3, 0.4) is 0 Å². The fraction of sp³-hybridized carbons (Fsp3) is 0.303. The van der Waals surface area contributed by atoms with Gasteiger partial charge in [-0.05, 0) is 72.7 Å². The molecule has 0 aliphatic carbocycles. The van der Waals surface area contributed by atoms with E-state index in [-0.39, 0.29) is 12.6 Å². The number of rotatable bonds is 9. The Morgan fingerprint density at radius 2 is 1.89 bits per heavy atom. The lowest BCUT2D eigenvalue weighted by atomic mass is 9.97. The van der Waals surface area contributed by atoms with Gasteiger partial charge in [0.2, 0.25) is 0 Å². The van der Waals surface area contributed by atoms with Crippen LogP contribution in [0.1, 0.15) is 55.5 Å². The molecule has 1 fully saturated rings. The number of aliphatic imine (C=N–C) groups is 1. The molecule has 1 saturated heterocycles. The summed E-state index contributed by atoms with van der Waals surface area (Å²) in [5.41, 5.74) is 8.88. The molecule has 1 heterocycles. The van der Waals surface area contributed by atoms with Crippen LogP contribution in [-0.4, -0.2) is 41.6 Å². The zero-order chi connectivity index (χ0) is 26.9. The lowest BCUT2D eigenvalue weighted by molar-refractivity contribution is 0.0335. The number of benzene rings is 2. The molecule has 1 N–H and O–H groups in total. The summed E-state index contributed by atoms with van der Waals surface area (Å²) >= 11 is 0. The van der Waals surface area contributed by atoms with Gasteiger partial charge in [0.1, 0.15) is 5.84 Å². The van der Waals surface area contributed by atoms with Crippen molar-refractivity contribution in [2.24, 2.45) is 4.99 Å². The summed E-state index contributed by atoms with van der Waals surface area (Å²) in [5.74, 6) is 0.846. The Labute approximate surface area is 222 Å². The van der Waals surface area contributed by atoms with Gasteiger partial charge >= 0.3 is 0 Å². The highest BCUT2D eigenvalue weighted by molar-refractivity contribution is 6.05. The van der Waals surface area contributed by atoms with Gasteiger partial charge in [-0.25, -0.2) is 4.99 Å². The molecule has 194 valence electrons. The molecular formula is C33H40N2O2. The molecular weight excluding hydrogens is 456 g/mol. The largest absolute Gasteiger partial charge is 0.392 e. The second-order valence-corrected chi connectivity index (χ2v) is 9.53. The van der Waals surface area contributed by atoms with Gasteiger partial charge in [-0.2, -0.15) is 0 Å². The second-order valence-electron chi connectivity index (χ2n) is 9.53. The van der Waals surface area contributed by atoms with Crippen LogP contribution < -0.4 is 0 Å². The minimum atomic E-state index is 0.0397. The summed E-state index contributed by atoms with van der Waals surface area (Å²) < 4.78 is 5.71. The van der Waals surface area contributed by atoms with Crippen molar-refractivity contribution in [3.63, 3.8) is 0 Å². The number of morpholine rings is 1. The van der Waals surface area contributed by atoms with E-state index in [4.69, 9.17) is 9.73 Å². The minimum absolute atomic E-state index is 0.0397. The van der Waals surface area contributed by atoms with Gasteiger partial charge in [0.05, 0.1) is 31.6 Å². The van der Waals surface area contributed by atoms with Crippen molar-refractivity contribution in [3.8, 4) is 0 Å². The Morgan fingerprint density at radius 3 is 2.54 bits per heavy atom. The van der Waals surface area contributed by atoms with Crippen LogP contribution in [0, 0.1) is 0 Å². The van der Waals surface area contributed by atoms with Gasteiger partial charge in [-0.3, -0.25) is 0 Å². The molecule has 1 aliphatic heterocycles. The molecule has 2 aromatic rings. The lowest BCUT2D eigenvalue weighted by Crippen LogP contribution is -2.47. The molecule has 0 radical (unpaired) electrons. The molecule has 0 saturated carbocycles. The van der Waals surface area contributed by atoms with E-state index in [1.54, 1.807) is 0 Å². The van der Waals surface area contributed by atoms with Gasteiger partial charge in [0, 0.05) is 17.7 Å². The minimum Gasteiger partial charge on any atom is -0.392 e. The third-order valence-electron chi connectivity index (χ3n) is 6.75. The van der Waals surface area contributed by atoms with E-state index < -0.39 is 0 Å². The smallest absolute Gasteiger partial charge is 0.137 e. The highest BCUT2D eigenvalue weighted by atomic mass is 16.5. The summed E-state index contributed by atoms with van der Waals surface area (Å²) in [6.45, 7) is 22.9. The summed E-state index contributed by atoms with van der Waals surface area (Å²) in [5, 5.41) is 9.81. The maximum atomic E-state index is 9.81. The molecule has 0 aromatic heterocycles. The van der Waals surface area contributed by atoms with Crippen molar-refractivity contribution >= 4 is 23.2 Å². The second kappa shape index (κ2) is 13.2. The predicted octanol–water partition coefficient (Wildman–Crippen LogP) is 7.08. The van der Waals surface area contributed by atoms with E-state index in [0.29, 0.717) is 18.9 Å². The Kier molecular flexibility index (Phi) is 10.0. The number of hydrogen-bond donors (Lipinski definition) is 1. The Hall–Kier alpha value is -3.47. The van der Waals surface area contributed by atoms with E-state index in [2.05, 4.69) is 75.8 Å². The van der Waals surface area contributed by atoms with Crippen molar-refractivity contribution < 1.29 is 9.84 Å². The Bertz CT molecular complexity index is 1250. The first kappa shape index (κ1) is 28.1.